The van der Waals surface area contributed by atoms with Crippen LogP contribution in [0.5, 0.6) is 0 Å². The molecule has 2 aliphatic heterocycles. The van der Waals surface area contributed by atoms with Gasteiger partial charge in [0.2, 0.25) is 5.79 Å². The average molecular weight is 342 g/mol. The maximum absolute atomic E-state index is 10.4. The molecule has 2 aliphatic rings. The van der Waals surface area contributed by atoms with E-state index in [1.165, 1.54) is 0 Å². The van der Waals surface area contributed by atoms with Gasteiger partial charge in [0, 0.05) is 0 Å². The van der Waals surface area contributed by atoms with Gasteiger partial charge in [0.25, 0.3) is 0 Å². The van der Waals surface area contributed by atoms with Crippen molar-refractivity contribution in [3.63, 3.8) is 0 Å². The van der Waals surface area contributed by atoms with Crippen LogP contribution in [0.25, 0.3) is 0 Å². The van der Waals surface area contributed by atoms with E-state index >= 15 is 0 Å². The Kier molecular flexibility index (Phi) is 5.60. The van der Waals surface area contributed by atoms with Crippen LogP contribution in [0, 0.1) is 0 Å². The summed E-state index contributed by atoms with van der Waals surface area (Å²) in [6, 6.07) is 0. The maximum Gasteiger partial charge on any atom is 0.225 e. The van der Waals surface area contributed by atoms with Gasteiger partial charge in [-0.15, -0.1) is 0 Å². The maximum atomic E-state index is 10.4. The van der Waals surface area contributed by atoms with Crippen LogP contribution in [0.1, 0.15) is 0 Å². The number of aliphatic hydroxyl groups is 9. The van der Waals surface area contributed by atoms with E-state index in [9.17, 15) is 35.7 Å². The molecule has 0 aromatic carbocycles. The lowest BCUT2D eigenvalue weighted by Gasteiger charge is -2.33. The Balaban J connectivity index is 2.23. The highest BCUT2D eigenvalue weighted by Gasteiger charge is 2.65. The van der Waals surface area contributed by atoms with Gasteiger partial charge in [-0.05, 0) is 0 Å². The molecule has 0 radical (unpaired) electrons. The molecule has 2 saturated heterocycles. The molecule has 0 bridgehead atoms. The topological polar surface area (TPSA) is 201 Å². The first kappa shape index (κ1) is 18.9. The van der Waals surface area contributed by atoms with Crippen molar-refractivity contribution in [2.45, 2.75) is 60.7 Å². The first-order valence-electron chi connectivity index (χ1n) is 7.04. The fourth-order valence-corrected chi connectivity index (χ4v) is 2.90. The largest absolute Gasteiger partial charge is 0.394 e. The summed E-state index contributed by atoms with van der Waals surface area (Å²) in [5.41, 5.74) is 0. The molecule has 0 amide bonds. The zero-order chi connectivity index (χ0) is 17.5. The second-order valence-electron chi connectivity index (χ2n) is 5.77. The molecule has 2 fully saturated rings. The third kappa shape index (κ3) is 2.99. The minimum absolute atomic E-state index is 0.794. The summed E-state index contributed by atoms with van der Waals surface area (Å²) in [6.07, 6.45) is -15.4. The predicted molar refractivity (Wildman–Crippen MR) is 68.7 cm³/mol. The third-order valence-electron chi connectivity index (χ3n) is 4.25. The Bertz CT molecular complexity index is 408. The molecule has 23 heavy (non-hydrogen) atoms. The Morgan fingerprint density at radius 3 is 1.87 bits per heavy atom. The Morgan fingerprint density at radius 2 is 1.35 bits per heavy atom. The van der Waals surface area contributed by atoms with Gasteiger partial charge in [0.15, 0.2) is 0 Å². The molecule has 0 aromatic heterocycles. The van der Waals surface area contributed by atoms with Crippen molar-refractivity contribution in [1.82, 2.24) is 0 Å². The van der Waals surface area contributed by atoms with Crippen LogP contribution in [0.2, 0.25) is 0 Å². The lowest BCUT2D eigenvalue weighted by atomic mass is 9.94. The SMILES string of the molecule is OC[C@@H](O)[C@@H]1OC(O)(C2O[C@@H]([C@H](O)CO)[C@H](O)[C@H]2O)[C@H](O)[C@H]1O. The van der Waals surface area contributed by atoms with E-state index in [0.717, 1.165) is 0 Å². The highest BCUT2D eigenvalue weighted by Crippen LogP contribution is 2.40. The van der Waals surface area contributed by atoms with Crippen molar-refractivity contribution in [3.05, 3.63) is 0 Å². The van der Waals surface area contributed by atoms with Gasteiger partial charge >= 0.3 is 0 Å². The van der Waals surface area contributed by atoms with Gasteiger partial charge < -0.3 is 55.4 Å². The summed E-state index contributed by atoms with van der Waals surface area (Å²) >= 11 is 0. The molecular weight excluding hydrogens is 320 g/mol. The first-order valence-corrected chi connectivity index (χ1v) is 7.04. The molecule has 2 heterocycles. The van der Waals surface area contributed by atoms with Gasteiger partial charge in [0.05, 0.1) is 13.2 Å². The van der Waals surface area contributed by atoms with E-state index in [1.807, 2.05) is 0 Å². The van der Waals surface area contributed by atoms with Gasteiger partial charge in [0.1, 0.15) is 54.9 Å². The van der Waals surface area contributed by atoms with Crippen LogP contribution in [0.3, 0.4) is 0 Å². The van der Waals surface area contributed by atoms with Crippen LogP contribution in [0.15, 0.2) is 0 Å². The molecule has 11 nitrogen and oxygen atoms in total. The molecule has 10 atom stereocenters. The summed E-state index contributed by atoms with van der Waals surface area (Å²) < 4.78 is 10.1. The summed E-state index contributed by atoms with van der Waals surface area (Å²) in [5.74, 6) is -2.72. The average Bonchev–Trinajstić information content (AvgIpc) is 2.96. The molecule has 0 spiro atoms. The van der Waals surface area contributed by atoms with Crippen LogP contribution in [-0.2, 0) is 9.47 Å². The summed E-state index contributed by atoms with van der Waals surface area (Å²) in [4.78, 5) is 0. The summed E-state index contributed by atoms with van der Waals surface area (Å²) in [7, 11) is 0. The minimum Gasteiger partial charge on any atom is -0.394 e. The molecule has 9 N–H and O–H groups in total. The van der Waals surface area contributed by atoms with E-state index in [4.69, 9.17) is 19.7 Å². The Hall–Kier alpha value is -0.440. The fraction of sp³-hybridized carbons (Fsp3) is 1.00. The molecule has 136 valence electrons. The molecular formula is C12H22O11. The van der Waals surface area contributed by atoms with E-state index in [-0.39, 0.29) is 0 Å². The quantitative estimate of drug-likeness (QED) is 0.230. The zero-order valence-electron chi connectivity index (χ0n) is 12.0. The third-order valence-corrected chi connectivity index (χ3v) is 4.25. The molecule has 2 unspecified atom stereocenters. The van der Waals surface area contributed by atoms with Crippen LogP contribution in [-0.4, -0.2) is 120 Å². The van der Waals surface area contributed by atoms with E-state index in [2.05, 4.69) is 0 Å². The smallest absolute Gasteiger partial charge is 0.225 e. The number of hydrogen-bond acceptors (Lipinski definition) is 11. The molecule has 0 aromatic rings. The van der Waals surface area contributed by atoms with Crippen molar-refractivity contribution in [3.8, 4) is 0 Å². The van der Waals surface area contributed by atoms with Crippen molar-refractivity contribution in [1.29, 1.82) is 0 Å². The second kappa shape index (κ2) is 6.82. The second-order valence-corrected chi connectivity index (χ2v) is 5.77. The van der Waals surface area contributed by atoms with E-state index < -0.39 is 73.9 Å². The number of rotatable bonds is 5. The van der Waals surface area contributed by atoms with Crippen LogP contribution < -0.4 is 0 Å². The van der Waals surface area contributed by atoms with Gasteiger partial charge in [-0.2, -0.15) is 0 Å². The number of aliphatic hydroxyl groups excluding tert-OH is 8. The summed E-state index contributed by atoms with van der Waals surface area (Å²) in [5, 5.41) is 86.9. The lowest BCUT2D eigenvalue weighted by Crippen LogP contribution is -2.56. The van der Waals surface area contributed by atoms with Crippen LogP contribution >= 0.6 is 0 Å². The zero-order valence-corrected chi connectivity index (χ0v) is 12.0. The normalized spacial score (nSPS) is 50.2. The fourth-order valence-electron chi connectivity index (χ4n) is 2.90. The summed E-state index contributed by atoms with van der Waals surface area (Å²) in [6.45, 7) is -1.62. The Labute approximate surface area is 130 Å². The standard InChI is InChI=1S/C12H22O11/c13-1-3(15)8-5(17)6(18)11(22-8)12(21)10(20)7(19)9(23-12)4(16)2-14/h3-11,13-21H,1-2H2/t3-,4-,5-,6-,7+,8+,9+,10-,11?,12?/m1/s1. The highest BCUT2D eigenvalue weighted by atomic mass is 16.7. The van der Waals surface area contributed by atoms with Crippen molar-refractivity contribution < 1.29 is 55.4 Å². The van der Waals surface area contributed by atoms with E-state index in [1.54, 1.807) is 0 Å². The van der Waals surface area contributed by atoms with Crippen molar-refractivity contribution in [2.24, 2.45) is 0 Å². The molecule has 2 rings (SSSR count). The van der Waals surface area contributed by atoms with Crippen molar-refractivity contribution >= 4 is 0 Å². The monoisotopic (exact) mass is 342 g/mol. The van der Waals surface area contributed by atoms with Crippen LogP contribution in [0.4, 0.5) is 0 Å². The van der Waals surface area contributed by atoms with Gasteiger partial charge in [-0.25, -0.2) is 0 Å². The minimum atomic E-state index is -2.72. The van der Waals surface area contributed by atoms with Gasteiger partial charge in [-0.3, -0.25) is 0 Å². The Morgan fingerprint density at radius 1 is 0.826 bits per heavy atom. The number of ether oxygens (including phenoxy) is 2. The predicted octanol–water partition coefficient (Wildman–Crippen LogP) is -6.01. The number of hydrogen-bond donors (Lipinski definition) is 9. The molecule has 0 saturated carbocycles. The van der Waals surface area contributed by atoms with Gasteiger partial charge in [-0.1, -0.05) is 0 Å². The molecule has 0 aliphatic carbocycles. The molecule has 11 heteroatoms. The highest BCUT2D eigenvalue weighted by molar-refractivity contribution is 5.08. The van der Waals surface area contributed by atoms with Crippen molar-refractivity contribution in [2.75, 3.05) is 13.2 Å². The first-order chi connectivity index (χ1) is 10.7. The lowest BCUT2D eigenvalue weighted by molar-refractivity contribution is -0.300. The van der Waals surface area contributed by atoms with E-state index in [0.29, 0.717) is 0 Å².